The van der Waals surface area contributed by atoms with Gasteiger partial charge in [-0.05, 0) is 57.8 Å². The Hall–Kier alpha value is -1.66. The molecule has 2 atom stereocenters. The monoisotopic (exact) mass is 1220 g/mol. The van der Waals surface area contributed by atoms with Crippen LogP contribution in [0.3, 0.4) is 0 Å². The van der Waals surface area contributed by atoms with E-state index >= 15 is 0 Å². The van der Waals surface area contributed by atoms with E-state index in [0.717, 1.165) is 44.9 Å². The van der Waals surface area contributed by atoms with E-state index in [4.69, 9.17) is 4.74 Å². The minimum atomic E-state index is -0.663. The first-order valence-electron chi connectivity index (χ1n) is 40.1. The molecule has 0 aromatic rings. The van der Waals surface area contributed by atoms with Gasteiger partial charge in [-0.3, -0.25) is 9.59 Å². The van der Waals surface area contributed by atoms with Gasteiger partial charge in [-0.1, -0.05) is 411 Å². The van der Waals surface area contributed by atoms with E-state index in [9.17, 15) is 19.8 Å². The number of allylic oxidation sites excluding steroid dienone is 4. The number of unbranched alkanes of at least 4 members (excludes halogenated alkanes) is 61. The summed E-state index contributed by atoms with van der Waals surface area (Å²) in [6.45, 7) is 5.01. The van der Waals surface area contributed by atoms with Crippen LogP contribution in [0.5, 0.6) is 0 Å². The SMILES string of the molecule is CCCCCCCCCCCCCCCCCCCCCCC(O)C(CO)NC(=O)CCCCCCCCCCCCCCCCCCC/C=C\C/C=C\CCCCCCCCCCCCCOC(=O)CCCCCCCCCCCCCCCCC. The fourth-order valence-electron chi connectivity index (χ4n) is 12.9. The average Bonchev–Trinajstić information content (AvgIpc) is 3.58. The van der Waals surface area contributed by atoms with Crippen LogP contribution in [0.4, 0.5) is 0 Å². The molecular formula is C81H157NO5. The Kier molecular flexibility index (Phi) is 75.3. The fourth-order valence-corrected chi connectivity index (χ4v) is 12.9. The first-order chi connectivity index (χ1) is 43.0. The van der Waals surface area contributed by atoms with Crippen LogP contribution in [-0.2, 0) is 14.3 Å². The van der Waals surface area contributed by atoms with E-state index < -0.39 is 12.1 Å². The van der Waals surface area contributed by atoms with Crippen molar-refractivity contribution >= 4 is 11.9 Å². The van der Waals surface area contributed by atoms with Gasteiger partial charge < -0.3 is 20.3 Å². The zero-order valence-electron chi connectivity index (χ0n) is 59.3. The molecule has 0 saturated heterocycles. The largest absolute Gasteiger partial charge is 0.466 e. The number of esters is 1. The molecule has 0 aliphatic heterocycles. The lowest BCUT2D eigenvalue weighted by atomic mass is 10.0. The highest BCUT2D eigenvalue weighted by molar-refractivity contribution is 5.76. The molecule has 87 heavy (non-hydrogen) atoms. The fraction of sp³-hybridized carbons (Fsp3) is 0.926. The van der Waals surface area contributed by atoms with Crippen molar-refractivity contribution in [3.63, 3.8) is 0 Å². The van der Waals surface area contributed by atoms with Crippen molar-refractivity contribution in [3.05, 3.63) is 24.3 Å². The Morgan fingerprint density at radius 2 is 0.575 bits per heavy atom. The summed E-state index contributed by atoms with van der Waals surface area (Å²) in [6, 6.07) is -0.540. The van der Waals surface area contributed by atoms with Gasteiger partial charge in [-0.2, -0.15) is 0 Å². The van der Waals surface area contributed by atoms with Crippen LogP contribution in [-0.4, -0.2) is 47.4 Å². The van der Waals surface area contributed by atoms with Gasteiger partial charge in [0.1, 0.15) is 0 Å². The zero-order chi connectivity index (χ0) is 62.8. The number of hydrogen-bond donors (Lipinski definition) is 3. The minimum absolute atomic E-state index is 0.0207. The molecular weight excluding hydrogens is 1070 g/mol. The number of rotatable bonds is 76. The molecule has 6 nitrogen and oxygen atoms in total. The molecule has 0 saturated carbocycles. The van der Waals surface area contributed by atoms with Gasteiger partial charge in [0, 0.05) is 12.8 Å². The Labute approximate surface area is 545 Å². The zero-order valence-corrected chi connectivity index (χ0v) is 59.3. The molecule has 516 valence electrons. The van der Waals surface area contributed by atoms with E-state index in [2.05, 4.69) is 43.5 Å². The van der Waals surface area contributed by atoms with Crippen LogP contribution in [0.2, 0.25) is 0 Å². The molecule has 6 heteroatoms. The normalized spacial score (nSPS) is 12.6. The van der Waals surface area contributed by atoms with Crippen molar-refractivity contribution in [1.82, 2.24) is 5.32 Å². The highest BCUT2D eigenvalue weighted by Gasteiger charge is 2.20. The van der Waals surface area contributed by atoms with Crippen LogP contribution in [0.25, 0.3) is 0 Å². The molecule has 0 aliphatic carbocycles. The molecule has 0 spiro atoms. The Balaban J connectivity index is 3.36. The van der Waals surface area contributed by atoms with Crippen molar-refractivity contribution in [2.75, 3.05) is 13.2 Å². The minimum Gasteiger partial charge on any atom is -0.466 e. The van der Waals surface area contributed by atoms with Crippen LogP contribution in [0.15, 0.2) is 24.3 Å². The molecule has 0 heterocycles. The summed E-state index contributed by atoms with van der Waals surface area (Å²) in [5.74, 6) is -0.00680. The number of carbonyl (C=O) groups excluding carboxylic acids is 2. The van der Waals surface area contributed by atoms with Gasteiger partial charge >= 0.3 is 5.97 Å². The number of carbonyl (C=O) groups is 2. The third kappa shape index (κ3) is 73.3. The van der Waals surface area contributed by atoms with Crippen LogP contribution in [0.1, 0.15) is 457 Å². The van der Waals surface area contributed by atoms with Crippen LogP contribution < -0.4 is 5.32 Å². The lowest BCUT2D eigenvalue weighted by molar-refractivity contribution is -0.143. The molecule has 1 amide bonds. The van der Waals surface area contributed by atoms with Crippen molar-refractivity contribution in [3.8, 4) is 0 Å². The van der Waals surface area contributed by atoms with Crippen molar-refractivity contribution in [2.24, 2.45) is 0 Å². The Morgan fingerprint density at radius 3 is 0.874 bits per heavy atom. The van der Waals surface area contributed by atoms with Gasteiger partial charge in [-0.15, -0.1) is 0 Å². The molecule has 0 bridgehead atoms. The maximum atomic E-state index is 12.6. The van der Waals surface area contributed by atoms with E-state index in [1.807, 2.05) is 0 Å². The number of aliphatic hydroxyl groups is 2. The van der Waals surface area contributed by atoms with E-state index in [-0.39, 0.29) is 18.5 Å². The highest BCUT2D eigenvalue weighted by atomic mass is 16.5. The Morgan fingerprint density at radius 1 is 0.322 bits per heavy atom. The van der Waals surface area contributed by atoms with Gasteiger partial charge in [0.15, 0.2) is 0 Å². The third-order valence-electron chi connectivity index (χ3n) is 19.0. The first kappa shape index (κ1) is 85.3. The van der Waals surface area contributed by atoms with Crippen LogP contribution in [0, 0.1) is 0 Å². The number of hydrogen-bond acceptors (Lipinski definition) is 5. The number of ether oxygens (including phenoxy) is 1. The topological polar surface area (TPSA) is 95.9 Å². The molecule has 0 radical (unpaired) electrons. The van der Waals surface area contributed by atoms with Gasteiger partial charge in [-0.25, -0.2) is 0 Å². The number of aliphatic hydroxyl groups excluding tert-OH is 2. The highest BCUT2D eigenvalue weighted by Crippen LogP contribution is 2.20. The molecule has 0 aromatic heterocycles. The van der Waals surface area contributed by atoms with Gasteiger partial charge in [0.05, 0.1) is 25.4 Å². The van der Waals surface area contributed by atoms with Crippen molar-refractivity contribution in [1.29, 1.82) is 0 Å². The standard InChI is InChI=1S/C81H157NO5/c1-3-5-7-9-11-13-15-17-19-20-21-39-42-46-49-53-57-61-65-69-73-79(84)78(77-83)82-80(85)74-70-66-62-58-54-50-47-43-40-37-35-33-31-29-27-25-23-22-24-26-28-30-32-34-36-38-41-44-48-52-56-60-64-68-72-76-87-81(86)75-71-67-63-59-55-51-45-18-16-14-12-10-8-6-4-2/h24,26,30,32,78-79,83-84H,3-23,25,27-29,31,33-77H2,1-2H3,(H,82,85)/b26-24-,32-30-. The predicted octanol–water partition coefficient (Wildman–Crippen LogP) is 26.4. The number of nitrogens with one attached hydrogen (secondary N) is 1. The van der Waals surface area contributed by atoms with Crippen LogP contribution >= 0.6 is 0 Å². The molecule has 0 rings (SSSR count). The van der Waals surface area contributed by atoms with Crippen molar-refractivity contribution in [2.45, 2.75) is 469 Å². The molecule has 3 N–H and O–H groups in total. The molecule has 2 unspecified atom stereocenters. The summed E-state index contributed by atoms with van der Waals surface area (Å²) in [5, 5.41) is 23.4. The van der Waals surface area contributed by atoms with Crippen molar-refractivity contribution < 1.29 is 24.5 Å². The quantitative estimate of drug-likeness (QED) is 0.0320. The summed E-state index contributed by atoms with van der Waals surface area (Å²) >= 11 is 0. The predicted molar refractivity (Wildman–Crippen MR) is 384 cm³/mol. The Bertz CT molecular complexity index is 1360. The molecule has 0 aromatic carbocycles. The van der Waals surface area contributed by atoms with E-state index in [1.165, 1.54) is 379 Å². The average molecular weight is 1230 g/mol. The van der Waals surface area contributed by atoms with Gasteiger partial charge in [0.2, 0.25) is 5.91 Å². The lowest BCUT2D eigenvalue weighted by Gasteiger charge is -2.22. The number of amides is 1. The molecule has 0 aliphatic rings. The summed E-state index contributed by atoms with van der Waals surface area (Å²) in [7, 11) is 0. The van der Waals surface area contributed by atoms with E-state index in [0.29, 0.717) is 25.9 Å². The second-order valence-electron chi connectivity index (χ2n) is 27.8. The maximum absolute atomic E-state index is 12.6. The second-order valence-corrected chi connectivity index (χ2v) is 27.8. The summed E-state index contributed by atoms with van der Waals surface area (Å²) in [5.41, 5.74) is 0. The first-order valence-corrected chi connectivity index (χ1v) is 40.1. The molecule has 0 fully saturated rings. The third-order valence-corrected chi connectivity index (χ3v) is 19.0. The van der Waals surface area contributed by atoms with E-state index in [1.54, 1.807) is 0 Å². The summed E-state index contributed by atoms with van der Waals surface area (Å²) in [6.07, 6.45) is 98.4. The summed E-state index contributed by atoms with van der Waals surface area (Å²) in [4.78, 5) is 24.6. The van der Waals surface area contributed by atoms with Gasteiger partial charge in [0.25, 0.3) is 0 Å². The maximum Gasteiger partial charge on any atom is 0.305 e. The second kappa shape index (κ2) is 76.8. The summed E-state index contributed by atoms with van der Waals surface area (Å²) < 4.78 is 5.50. The smallest absolute Gasteiger partial charge is 0.305 e. The lowest BCUT2D eigenvalue weighted by Crippen LogP contribution is -2.45.